The summed E-state index contributed by atoms with van der Waals surface area (Å²) in [7, 11) is 0. The Morgan fingerprint density at radius 2 is 1.90 bits per heavy atom. The fourth-order valence-electron chi connectivity index (χ4n) is 4.85. The fourth-order valence-corrected chi connectivity index (χ4v) is 4.85. The molecule has 2 aromatic rings. The summed E-state index contributed by atoms with van der Waals surface area (Å²) in [6.45, 7) is 3.13. The number of hydrogen-bond acceptors (Lipinski definition) is 3. The van der Waals surface area contributed by atoms with Gasteiger partial charge in [0.2, 0.25) is 5.91 Å². The van der Waals surface area contributed by atoms with E-state index in [1.54, 1.807) is 0 Å². The van der Waals surface area contributed by atoms with E-state index in [1.807, 2.05) is 0 Å². The third-order valence-electron chi connectivity index (χ3n) is 6.44. The van der Waals surface area contributed by atoms with Gasteiger partial charge in [0.15, 0.2) is 0 Å². The van der Waals surface area contributed by atoms with Crippen molar-refractivity contribution in [2.24, 2.45) is 0 Å². The quantitative estimate of drug-likeness (QED) is 0.797. The Bertz CT molecular complexity index is 906. The van der Waals surface area contributed by atoms with Gasteiger partial charge >= 0.3 is 0 Å². The minimum absolute atomic E-state index is 0.0371. The molecule has 1 N–H and O–H groups in total. The van der Waals surface area contributed by atoms with Gasteiger partial charge in [-0.3, -0.25) is 9.69 Å². The Labute approximate surface area is 173 Å². The van der Waals surface area contributed by atoms with Gasteiger partial charge in [-0.05, 0) is 62.1 Å². The van der Waals surface area contributed by atoms with Crippen LogP contribution in [-0.4, -0.2) is 22.9 Å². The molecule has 4 nitrogen and oxygen atoms in total. The highest BCUT2D eigenvalue weighted by molar-refractivity contribution is 5.79. The van der Waals surface area contributed by atoms with Crippen LogP contribution in [0.4, 0.5) is 0 Å². The van der Waals surface area contributed by atoms with E-state index in [-0.39, 0.29) is 11.9 Å². The fraction of sp³-hybridized carbons (Fsp3) is 0.440. The third-order valence-corrected chi connectivity index (χ3v) is 6.44. The Morgan fingerprint density at radius 3 is 2.62 bits per heavy atom. The Balaban J connectivity index is 1.54. The first-order valence-electron chi connectivity index (χ1n) is 10.7. The number of amides is 1. The van der Waals surface area contributed by atoms with Crippen LogP contribution in [0.25, 0.3) is 0 Å². The standard InChI is InChI=1S/C25H29N3O/c1-19-8-10-20(11-9-19)16-28(23-13-12-21-6-2-3-7-22(21)23)17-24(29)27-25(18-26)14-4-5-15-25/h2-3,6-11,23H,4-5,12-17H2,1H3,(H,27,29). The zero-order chi connectivity index (χ0) is 20.3. The highest BCUT2D eigenvalue weighted by Gasteiger charge is 2.36. The van der Waals surface area contributed by atoms with Gasteiger partial charge in [0.25, 0.3) is 0 Å². The van der Waals surface area contributed by atoms with Crippen LogP contribution in [0.15, 0.2) is 48.5 Å². The van der Waals surface area contributed by atoms with Gasteiger partial charge in [-0.2, -0.15) is 5.26 Å². The van der Waals surface area contributed by atoms with Crippen molar-refractivity contribution in [1.82, 2.24) is 10.2 Å². The average Bonchev–Trinajstić information content (AvgIpc) is 3.36. The van der Waals surface area contributed by atoms with Gasteiger partial charge in [-0.15, -0.1) is 0 Å². The molecule has 29 heavy (non-hydrogen) atoms. The van der Waals surface area contributed by atoms with Crippen molar-refractivity contribution in [3.05, 3.63) is 70.8 Å². The van der Waals surface area contributed by atoms with Crippen molar-refractivity contribution in [1.29, 1.82) is 5.26 Å². The van der Waals surface area contributed by atoms with E-state index in [0.29, 0.717) is 6.54 Å². The van der Waals surface area contributed by atoms with Gasteiger partial charge in [-0.25, -0.2) is 0 Å². The molecule has 0 bridgehead atoms. The summed E-state index contributed by atoms with van der Waals surface area (Å²) >= 11 is 0. The molecule has 1 amide bonds. The molecule has 0 saturated heterocycles. The number of nitrogens with zero attached hydrogens (tertiary/aromatic N) is 2. The molecule has 4 heteroatoms. The molecule has 1 saturated carbocycles. The highest BCUT2D eigenvalue weighted by Crippen LogP contribution is 2.36. The summed E-state index contributed by atoms with van der Waals surface area (Å²) in [6.07, 6.45) is 5.63. The number of aryl methyl sites for hydroxylation is 2. The van der Waals surface area contributed by atoms with Gasteiger partial charge in [0.1, 0.15) is 5.54 Å². The monoisotopic (exact) mass is 387 g/mol. The second kappa shape index (κ2) is 8.39. The van der Waals surface area contributed by atoms with Crippen LogP contribution in [0.5, 0.6) is 0 Å². The van der Waals surface area contributed by atoms with E-state index in [0.717, 1.165) is 45.1 Å². The first-order valence-corrected chi connectivity index (χ1v) is 10.7. The van der Waals surface area contributed by atoms with Gasteiger partial charge in [0, 0.05) is 12.6 Å². The third kappa shape index (κ3) is 4.36. The van der Waals surface area contributed by atoms with Crippen molar-refractivity contribution >= 4 is 5.91 Å². The molecule has 0 aliphatic heterocycles. The number of nitriles is 1. The van der Waals surface area contributed by atoms with Gasteiger partial charge in [0.05, 0.1) is 12.6 Å². The van der Waals surface area contributed by atoms with Crippen LogP contribution in [-0.2, 0) is 17.8 Å². The van der Waals surface area contributed by atoms with Crippen LogP contribution in [0.3, 0.4) is 0 Å². The predicted octanol–water partition coefficient (Wildman–Crippen LogP) is 4.44. The largest absolute Gasteiger partial charge is 0.337 e. The van der Waals surface area contributed by atoms with E-state index in [4.69, 9.17) is 0 Å². The van der Waals surface area contributed by atoms with Crippen LogP contribution >= 0.6 is 0 Å². The summed E-state index contributed by atoms with van der Waals surface area (Å²) in [5, 5.41) is 12.7. The van der Waals surface area contributed by atoms with Crippen molar-refractivity contribution in [2.75, 3.05) is 6.54 Å². The molecule has 0 aromatic heterocycles. The van der Waals surface area contributed by atoms with Crippen LogP contribution in [0, 0.1) is 18.3 Å². The number of benzene rings is 2. The van der Waals surface area contributed by atoms with Crippen molar-refractivity contribution in [3.8, 4) is 6.07 Å². The lowest BCUT2D eigenvalue weighted by Gasteiger charge is -2.31. The van der Waals surface area contributed by atoms with E-state index in [2.05, 4.69) is 71.7 Å². The molecule has 2 aliphatic carbocycles. The summed E-state index contributed by atoms with van der Waals surface area (Å²) in [5.41, 5.74) is 4.50. The van der Waals surface area contributed by atoms with Crippen molar-refractivity contribution < 1.29 is 4.79 Å². The Hall–Kier alpha value is -2.64. The summed E-state index contributed by atoms with van der Waals surface area (Å²) < 4.78 is 0. The van der Waals surface area contributed by atoms with Crippen LogP contribution in [0.1, 0.15) is 60.4 Å². The van der Waals surface area contributed by atoms with Crippen molar-refractivity contribution in [3.63, 3.8) is 0 Å². The summed E-state index contributed by atoms with van der Waals surface area (Å²) in [5.74, 6) is -0.0371. The molecule has 0 radical (unpaired) electrons. The molecule has 0 heterocycles. The molecule has 4 rings (SSSR count). The number of rotatable bonds is 6. The molecule has 1 atom stereocenters. The first kappa shape index (κ1) is 19.7. The highest BCUT2D eigenvalue weighted by atomic mass is 16.2. The second-order valence-electron chi connectivity index (χ2n) is 8.59. The minimum atomic E-state index is -0.666. The lowest BCUT2D eigenvalue weighted by Crippen LogP contribution is -2.49. The molecule has 2 aromatic carbocycles. The lowest BCUT2D eigenvalue weighted by molar-refractivity contribution is -0.124. The molecule has 1 unspecified atom stereocenters. The molecular weight excluding hydrogens is 358 g/mol. The average molecular weight is 388 g/mol. The van der Waals surface area contributed by atoms with E-state index < -0.39 is 5.54 Å². The molecular formula is C25H29N3O. The van der Waals surface area contributed by atoms with E-state index in [9.17, 15) is 10.1 Å². The van der Waals surface area contributed by atoms with Crippen molar-refractivity contribution in [2.45, 2.75) is 63.6 Å². The zero-order valence-corrected chi connectivity index (χ0v) is 17.2. The maximum absolute atomic E-state index is 13.0. The summed E-state index contributed by atoms with van der Waals surface area (Å²) in [4.78, 5) is 15.3. The molecule has 0 spiro atoms. The van der Waals surface area contributed by atoms with E-state index in [1.165, 1.54) is 22.3 Å². The predicted molar refractivity (Wildman–Crippen MR) is 114 cm³/mol. The topological polar surface area (TPSA) is 56.1 Å². The van der Waals surface area contributed by atoms with Gasteiger partial charge < -0.3 is 5.32 Å². The normalized spacial score (nSPS) is 19.7. The number of hydrogen-bond donors (Lipinski definition) is 1. The maximum Gasteiger partial charge on any atom is 0.235 e. The van der Waals surface area contributed by atoms with Crippen LogP contribution < -0.4 is 5.32 Å². The van der Waals surface area contributed by atoms with Crippen LogP contribution in [0.2, 0.25) is 0 Å². The van der Waals surface area contributed by atoms with Gasteiger partial charge in [-0.1, -0.05) is 54.1 Å². The Morgan fingerprint density at radius 1 is 1.17 bits per heavy atom. The molecule has 2 aliphatic rings. The SMILES string of the molecule is Cc1ccc(CN(CC(=O)NC2(C#N)CCCC2)C2CCc3ccccc32)cc1. The lowest BCUT2D eigenvalue weighted by atomic mass is 9.99. The minimum Gasteiger partial charge on any atom is -0.337 e. The number of carbonyl (C=O) groups is 1. The number of nitrogens with one attached hydrogen (secondary N) is 1. The Kier molecular flexibility index (Phi) is 5.69. The zero-order valence-electron chi connectivity index (χ0n) is 17.2. The number of carbonyl (C=O) groups excluding carboxylic acids is 1. The molecule has 1 fully saturated rings. The number of fused-ring (bicyclic) bond motifs is 1. The maximum atomic E-state index is 13.0. The van der Waals surface area contributed by atoms with E-state index >= 15 is 0 Å². The summed E-state index contributed by atoms with van der Waals surface area (Å²) in [6, 6.07) is 19.7. The second-order valence-corrected chi connectivity index (χ2v) is 8.59. The smallest absolute Gasteiger partial charge is 0.235 e. The molecule has 150 valence electrons. The first-order chi connectivity index (χ1) is 14.1.